The smallest absolute Gasteiger partial charge is 0.274 e. The van der Waals surface area contributed by atoms with Gasteiger partial charge in [0.25, 0.3) is 5.91 Å². The third kappa shape index (κ3) is 2.47. The molecule has 0 saturated heterocycles. The highest BCUT2D eigenvalue weighted by molar-refractivity contribution is 5.95. The number of halogens is 1. The number of carbonyl (C=O) groups is 1. The molecule has 0 aliphatic rings. The van der Waals surface area contributed by atoms with E-state index in [1.54, 1.807) is 0 Å². The zero-order valence-electron chi connectivity index (χ0n) is 8.57. The van der Waals surface area contributed by atoms with Crippen molar-refractivity contribution in [3.8, 4) is 11.5 Å². The van der Waals surface area contributed by atoms with Crippen LogP contribution >= 0.6 is 0 Å². The molecule has 5 nitrogen and oxygen atoms in total. The second kappa shape index (κ2) is 5.11. The van der Waals surface area contributed by atoms with Gasteiger partial charge in [-0.1, -0.05) is 6.92 Å². The molecule has 1 rings (SSSR count). The Morgan fingerprint density at radius 2 is 2.25 bits per heavy atom. The van der Waals surface area contributed by atoms with Crippen LogP contribution in [0.4, 0.5) is 4.39 Å². The first-order chi connectivity index (χ1) is 7.57. The van der Waals surface area contributed by atoms with Crippen LogP contribution in [0.1, 0.15) is 23.7 Å². The maximum atomic E-state index is 13.3. The molecule has 0 aliphatic heterocycles. The zero-order chi connectivity index (χ0) is 12.1. The number of hydrogen-bond donors (Lipinski definition) is 3. The summed E-state index contributed by atoms with van der Waals surface area (Å²) in [4.78, 5) is 11.3. The molecule has 1 aromatic carbocycles. The van der Waals surface area contributed by atoms with Crippen molar-refractivity contribution >= 4 is 12.1 Å². The summed E-state index contributed by atoms with van der Waals surface area (Å²) in [5.74, 6) is -3.54. The highest BCUT2D eigenvalue weighted by Gasteiger charge is 2.17. The number of phenolic OH excluding ortho intramolecular Hbond substituents is 2. The topological polar surface area (TPSA) is 81.9 Å². The van der Waals surface area contributed by atoms with Crippen LogP contribution < -0.4 is 5.43 Å². The number of phenols is 2. The number of nitrogens with zero attached hydrogens (tertiary/aromatic N) is 1. The normalized spacial score (nSPS) is 10.6. The van der Waals surface area contributed by atoms with Gasteiger partial charge in [-0.05, 0) is 18.6 Å². The monoisotopic (exact) mass is 226 g/mol. The first-order valence-electron chi connectivity index (χ1n) is 4.60. The average Bonchev–Trinajstić information content (AvgIpc) is 2.26. The first-order valence-corrected chi connectivity index (χ1v) is 4.60. The molecular formula is C10H11FN2O3. The van der Waals surface area contributed by atoms with Crippen LogP contribution in [0.5, 0.6) is 11.5 Å². The van der Waals surface area contributed by atoms with E-state index in [0.717, 1.165) is 12.1 Å². The Labute approximate surface area is 91.2 Å². The van der Waals surface area contributed by atoms with Gasteiger partial charge in [0.1, 0.15) is 0 Å². The molecule has 1 amide bonds. The fourth-order valence-corrected chi connectivity index (χ4v) is 0.986. The highest BCUT2D eigenvalue weighted by atomic mass is 19.1. The standard InChI is InChI=1S/C10H11FN2O3/c1-2-5-12-13-10(16)6-3-4-7(14)9(15)8(6)11/h3-5,14-15H,2H2,1H3,(H,13,16)/b12-5+. The van der Waals surface area contributed by atoms with Crippen molar-refractivity contribution in [1.82, 2.24) is 5.43 Å². The minimum absolute atomic E-state index is 0.386. The van der Waals surface area contributed by atoms with Gasteiger partial charge in [0.15, 0.2) is 17.3 Å². The largest absolute Gasteiger partial charge is 0.504 e. The van der Waals surface area contributed by atoms with Gasteiger partial charge in [0, 0.05) is 6.21 Å². The Kier molecular flexibility index (Phi) is 3.82. The van der Waals surface area contributed by atoms with Gasteiger partial charge in [-0.15, -0.1) is 0 Å². The van der Waals surface area contributed by atoms with E-state index in [1.807, 2.05) is 6.92 Å². The van der Waals surface area contributed by atoms with Gasteiger partial charge >= 0.3 is 0 Å². The molecule has 6 heteroatoms. The number of nitrogens with one attached hydrogen (secondary N) is 1. The number of benzene rings is 1. The summed E-state index contributed by atoms with van der Waals surface area (Å²) in [7, 11) is 0. The van der Waals surface area contributed by atoms with Crippen molar-refractivity contribution in [2.24, 2.45) is 5.10 Å². The summed E-state index contributed by atoms with van der Waals surface area (Å²) in [6, 6.07) is 2.08. The summed E-state index contributed by atoms with van der Waals surface area (Å²) in [5.41, 5.74) is 1.70. The average molecular weight is 226 g/mol. The minimum Gasteiger partial charge on any atom is -0.504 e. The van der Waals surface area contributed by atoms with Gasteiger partial charge in [-0.3, -0.25) is 4.79 Å². The fourth-order valence-electron chi connectivity index (χ4n) is 0.986. The molecular weight excluding hydrogens is 215 g/mol. The Balaban J connectivity index is 2.92. The fraction of sp³-hybridized carbons (Fsp3) is 0.200. The molecule has 1 aromatic rings. The van der Waals surface area contributed by atoms with Gasteiger partial charge < -0.3 is 10.2 Å². The lowest BCUT2D eigenvalue weighted by molar-refractivity contribution is 0.0950. The molecule has 0 unspecified atom stereocenters. The van der Waals surface area contributed by atoms with Crippen molar-refractivity contribution in [2.75, 3.05) is 0 Å². The van der Waals surface area contributed by atoms with Gasteiger partial charge in [-0.2, -0.15) is 5.10 Å². The number of amides is 1. The summed E-state index contributed by atoms with van der Waals surface area (Å²) in [5, 5.41) is 21.6. The van der Waals surface area contributed by atoms with Crippen LogP contribution in [0, 0.1) is 5.82 Å². The molecule has 0 bridgehead atoms. The Hall–Kier alpha value is -2.11. The van der Waals surface area contributed by atoms with E-state index in [0.29, 0.717) is 6.42 Å². The molecule has 0 atom stereocenters. The molecule has 0 saturated carbocycles. The van der Waals surface area contributed by atoms with Gasteiger partial charge in [0.05, 0.1) is 5.56 Å². The van der Waals surface area contributed by atoms with Crippen LogP contribution in [0.2, 0.25) is 0 Å². The molecule has 3 N–H and O–H groups in total. The number of carbonyl (C=O) groups excluding carboxylic acids is 1. The lowest BCUT2D eigenvalue weighted by Crippen LogP contribution is -2.18. The number of aromatic hydroxyl groups is 2. The third-order valence-electron chi connectivity index (χ3n) is 1.78. The second-order valence-corrected chi connectivity index (χ2v) is 2.96. The third-order valence-corrected chi connectivity index (χ3v) is 1.78. The number of rotatable bonds is 3. The maximum absolute atomic E-state index is 13.3. The van der Waals surface area contributed by atoms with E-state index >= 15 is 0 Å². The Bertz CT molecular complexity index is 432. The van der Waals surface area contributed by atoms with E-state index in [1.165, 1.54) is 6.21 Å². The van der Waals surface area contributed by atoms with E-state index in [-0.39, 0.29) is 5.56 Å². The van der Waals surface area contributed by atoms with Crippen molar-refractivity contribution in [1.29, 1.82) is 0 Å². The summed E-state index contributed by atoms with van der Waals surface area (Å²) < 4.78 is 13.3. The Morgan fingerprint density at radius 3 is 2.88 bits per heavy atom. The van der Waals surface area contributed by atoms with Crippen LogP contribution in [-0.2, 0) is 0 Å². The van der Waals surface area contributed by atoms with Crippen LogP contribution in [0.25, 0.3) is 0 Å². The molecule has 0 aromatic heterocycles. The molecule has 0 radical (unpaired) electrons. The number of hydrazone groups is 1. The van der Waals surface area contributed by atoms with Crippen molar-refractivity contribution in [2.45, 2.75) is 13.3 Å². The van der Waals surface area contributed by atoms with Gasteiger partial charge in [0.2, 0.25) is 0 Å². The molecule has 86 valence electrons. The predicted molar refractivity (Wildman–Crippen MR) is 56.0 cm³/mol. The zero-order valence-corrected chi connectivity index (χ0v) is 8.57. The molecule has 0 spiro atoms. The lowest BCUT2D eigenvalue weighted by atomic mass is 10.2. The maximum Gasteiger partial charge on any atom is 0.274 e. The van der Waals surface area contributed by atoms with Gasteiger partial charge in [-0.25, -0.2) is 9.82 Å². The summed E-state index contributed by atoms with van der Waals surface area (Å²) in [6.45, 7) is 1.82. The van der Waals surface area contributed by atoms with E-state index in [2.05, 4.69) is 10.5 Å². The summed E-state index contributed by atoms with van der Waals surface area (Å²) in [6.07, 6.45) is 2.07. The van der Waals surface area contributed by atoms with Crippen LogP contribution in [-0.4, -0.2) is 22.3 Å². The second-order valence-electron chi connectivity index (χ2n) is 2.96. The lowest BCUT2D eigenvalue weighted by Gasteiger charge is -2.04. The van der Waals surface area contributed by atoms with Crippen molar-refractivity contribution in [3.63, 3.8) is 0 Å². The van der Waals surface area contributed by atoms with E-state index < -0.39 is 23.2 Å². The first kappa shape index (κ1) is 12.0. The molecule has 0 aliphatic carbocycles. The van der Waals surface area contributed by atoms with E-state index in [9.17, 15) is 9.18 Å². The SMILES string of the molecule is CC/C=N/NC(=O)c1ccc(O)c(O)c1F. The minimum atomic E-state index is -1.18. The Morgan fingerprint density at radius 1 is 1.56 bits per heavy atom. The van der Waals surface area contributed by atoms with Crippen molar-refractivity contribution < 1.29 is 19.4 Å². The predicted octanol–water partition coefficient (Wildman–Crippen LogP) is 1.36. The quantitative estimate of drug-likeness (QED) is 0.413. The summed E-state index contributed by atoms with van der Waals surface area (Å²) >= 11 is 0. The molecule has 0 heterocycles. The highest BCUT2D eigenvalue weighted by Crippen LogP contribution is 2.29. The van der Waals surface area contributed by atoms with Crippen LogP contribution in [0.15, 0.2) is 17.2 Å². The molecule has 16 heavy (non-hydrogen) atoms. The van der Waals surface area contributed by atoms with E-state index in [4.69, 9.17) is 10.2 Å². The van der Waals surface area contributed by atoms with Crippen molar-refractivity contribution in [3.05, 3.63) is 23.5 Å². The number of hydrogen-bond acceptors (Lipinski definition) is 4. The molecule has 0 fully saturated rings. The van der Waals surface area contributed by atoms with Crippen LogP contribution in [0.3, 0.4) is 0 Å².